The summed E-state index contributed by atoms with van der Waals surface area (Å²) in [5, 5.41) is 8.98. The number of halogens is 1. The fraction of sp³-hybridized carbons (Fsp3) is 0.450. The molecule has 3 rings (SSSR count). The number of rotatable bonds is 7. The number of thiophene rings is 1. The van der Waals surface area contributed by atoms with Gasteiger partial charge in [0.25, 0.3) is 0 Å². The highest BCUT2D eigenvalue weighted by Gasteiger charge is 2.22. The largest absolute Gasteiger partial charge is 0.356 e. The van der Waals surface area contributed by atoms with Crippen LogP contribution in [0.15, 0.2) is 52.8 Å². The summed E-state index contributed by atoms with van der Waals surface area (Å²) in [6.07, 6.45) is 2.41. The lowest BCUT2D eigenvalue weighted by Crippen LogP contribution is -2.39. The molecule has 142 valence electrons. The van der Waals surface area contributed by atoms with Crippen LogP contribution in [-0.2, 0) is 13.0 Å². The number of likely N-dealkylation sites (tertiary alicyclic amines) is 1. The van der Waals surface area contributed by atoms with Crippen LogP contribution in [0, 0.1) is 5.92 Å². The van der Waals surface area contributed by atoms with Crippen LogP contribution in [-0.4, -0.2) is 44.1 Å². The molecule has 1 saturated heterocycles. The highest BCUT2D eigenvalue weighted by Crippen LogP contribution is 2.16. The van der Waals surface area contributed by atoms with E-state index in [4.69, 9.17) is 0 Å². The van der Waals surface area contributed by atoms with Crippen LogP contribution in [0.25, 0.3) is 0 Å². The van der Waals surface area contributed by atoms with Gasteiger partial charge in [0.05, 0.1) is 6.54 Å². The lowest BCUT2D eigenvalue weighted by molar-refractivity contribution is 0.328. The van der Waals surface area contributed by atoms with Crippen LogP contribution in [0.5, 0.6) is 0 Å². The SMILES string of the molecule is CN=C(NCc1cccs1)NCC1CCN(CCc2ccccc2)C1.I. The predicted molar refractivity (Wildman–Crippen MR) is 123 cm³/mol. The molecule has 1 fully saturated rings. The Bertz CT molecular complexity index is 645. The second kappa shape index (κ2) is 11.6. The van der Waals surface area contributed by atoms with Gasteiger partial charge in [-0.2, -0.15) is 0 Å². The number of nitrogens with one attached hydrogen (secondary N) is 2. The molecule has 0 bridgehead atoms. The molecule has 0 amide bonds. The minimum Gasteiger partial charge on any atom is -0.356 e. The molecule has 4 nitrogen and oxygen atoms in total. The summed E-state index contributed by atoms with van der Waals surface area (Å²) >= 11 is 1.77. The van der Waals surface area contributed by atoms with E-state index < -0.39 is 0 Å². The number of hydrogen-bond acceptors (Lipinski definition) is 3. The minimum absolute atomic E-state index is 0. The van der Waals surface area contributed by atoms with E-state index in [0.717, 1.165) is 32.0 Å². The van der Waals surface area contributed by atoms with Crippen LogP contribution >= 0.6 is 35.3 Å². The van der Waals surface area contributed by atoms with Crippen molar-refractivity contribution in [2.75, 3.05) is 33.2 Å². The molecule has 6 heteroatoms. The predicted octanol–water partition coefficient (Wildman–Crippen LogP) is 3.60. The Morgan fingerprint density at radius 3 is 2.77 bits per heavy atom. The average molecular weight is 484 g/mol. The first-order valence-corrected chi connectivity index (χ1v) is 9.94. The van der Waals surface area contributed by atoms with Crippen molar-refractivity contribution in [2.24, 2.45) is 10.9 Å². The van der Waals surface area contributed by atoms with Crippen molar-refractivity contribution >= 4 is 41.3 Å². The van der Waals surface area contributed by atoms with Crippen LogP contribution in [0.1, 0.15) is 16.9 Å². The van der Waals surface area contributed by atoms with E-state index in [1.165, 1.54) is 30.0 Å². The van der Waals surface area contributed by atoms with E-state index in [1.807, 2.05) is 7.05 Å². The third-order valence-electron chi connectivity index (χ3n) is 4.72. The summed E-state index contributed by atoms with van der Waals surface area (Å²) in [5.41, 5.74) is 1.43. The van der Waals surface area contributed by atoms with Gasteiger partial charge < -0.3 is 15.5 Å². The lowest BCUT2D eigenvalue weighted by atomic mass is 10.1. The Balaban J connectivity index is 0.00000243. The zero-order valence-electron chi connectivity index (χ0n) is 15.4. The molecule has 0 aliphatic carbocycles. The van der Waals surface area contributed by atoms with Gasteiger partial charge in [-0.25, -0.2) is 0 Å². The van der Waals surface area contributed by atoms with Gasteiger partial charge in [0, 0.05) is 31.6 Å². The molecule has 1 aliphatic heterocycles. The third-order valence-corrected chi connectivity index (χ3v) is 5.60. The van der Waals surface area contributed by atoms with E-state index in [2.05, 4.69) is 68.4 Å². The Morgan fingerprint density at radius 2 is 2.04 bits per heavy atom. The topological polar surface area (TPSA) is 39.7 Å². The Morgan fingerprint density at radius 1 is 1.19 bits per heavy atom. The van der Waals surface area contributed by atoms with Crippen molar-refractivity contribution in [1.29, 1.82) is 0 Å². The minimum atomic E-state index is 0. The molecule has 1 aliphatic rings. The number of hydrogen-bond donors (Lipinski definition) is 2. The maximum absolute atomic E-state index is 4.33. The number of benzene rings is 1. The highest BCUT2D eigenvalue weighted by atomic mass is 127. The normalized spacial score (nSPS) is 17.7. The molecular weight excluding hydrogens is 455 g/mol. The first kappa shape index (κ1) is 21.2. The lowest BCUT2D eigenvalue weighted by Gasteiger charge is -2.17. The highest BCUT2D eigenvalue weighted by molar-refractivity contribution is 14.0. The summed E-state index contributed by atoms with van der Waals surface area (Å²) in [4.78, 5) is 8.24. The van der Waals surface area contributed by atoms with Crippen LogP contribution < -0.4 is 10.6 Å². The molecule has 1 atom stereocenters. The van der Waals surface area contributed by atoms with Crippen molar-refractivity contribution < 1.29 is 0 Å². The molecule has 2 aromatic rings. The van der Waals surface area contributed by atoms with Gasteiger partial charge in [-0.15, -0.1) is 35.3 Å². The molecular formula is C20H29IN4S. The number of nitrogens with zero attached hydrogens (tertiary/aromatic N) is 2. The van der Waals surface area contributed by atoms with E-state index >= 15 is 0 Å². The summed E-state index contributed by atoms with van der Waals surface area (Å²) in [5.74, 6) is 1.60. The first-order chi connectivity index (χ1) is 12.3. The molecule has 26 heavy (non-hydrogen) atoms. The molecule has 0 saturated carbocycles. The fourth-order valence-corrected chi connectivity index (χ4v) is 3.90. The average Bonchev–Trinajstić information content (AvgIpc) is 3.33. The maximum atomic E-state index is 4.33. The van der Waals surface area contributed by atoms with E-state index in [9.17, 15) is 0 Å². The fourth-order valence-electron chi connectivity index (χ4n) is 3.26. The monoisotopic (exact) mass is 484 g/mol. The molecule has 1 aromatic carbocycles. The van der Waals surface area contributed by atoms with Crippen molar-refractivity contribution in [1.82, 2.24) is 15.5 Å². The van der Waals surface area contributed by atoms with Gasteiger partial charge in [0.2, 0.25) is 0 Å². The van der Waals surface area contributed by atoms with Crippen LogP contribution in [0.3, 0.4) is 0 Å². The van der Waals surface area contributed by atoms with Gasteiger partial charge in [0.1, 0.15) is 0 Å². The number of guanidine groups is 1. The molecule has 1 aromatic heterocycles. The zero-order valence-corrected chi connectivity index (χ0v) is 18.5. The van der Waals surface area contributed by atoms with Crippen molar-refractivity contribution in [3.05, 3.63) is 58.3 Å². The maximum Gasteiger partial charge on any atom is 0.191 e. The summed E-state index contributed by atoms with van der Waals surface area (Å²) in [6.45, 7) is 5.38. The third kappa shape index (κ3) is 6.89. The Labute approximate surface area is 178 Å². The Kier molecular flexibility index (Phi) is 9.42. The standard InChI is InChI=1S/C20H28N4S.HI/c1-21-20(23-15-19-8-5-13-25-19)22-14-18-10-12-24(16-18)11-9-17-6-3-2-4-7-17;/h2-8,13,18H,9-12,14-16H2,1H3,(H2,21,22,23);1H. The van der Waals surface area contributed by atoms with E-state index in [-0.39, 0.29) is 24.0 Å². The smallest absolute Gasteiger partial charge is 0.191 e. The van der Waals surface area contributed by atoms with E-state index in [0.29, 0.717) is 5.92 Å². The van der Waals surface area contributed by atoms with Gasteiger partial charge >= 0.3 is 0 Å². The summed E-state index contributed by atoms with van der Waals surface area (Å²) < 4.78 is 0. The molecule has 0 radical (unpaired) electrons. The van der Waals surface area contributed by atoms with Crippen molar-refractivity contribution in [3.63, 3.8) is 0 Å². The van der Waals surface area contributed by atoms with E-state index in [1.54, 1.807) is 11.3 Å². The second-order valence-electron chi connectivity index (χ2n) is 6.58. The van der Waals surface area contributed by atoms with Crippen molar-refractivity contribution in [2.45, 2.75) is 19.4 Å². The quantitative estimate of drug-likeness (QED) is 0.359. The van der Waals surface area contributed by atoms with Crippen LogP contribution in [0.4, 0.5) is 0 Å². The molecule has 2 N–H and O–H groups in total. The van der Waals surface area contributed by atoms with Gasteiger partial charge in [-0.3, -0.25) is 4.99 Å². The van der Waals surface area contributed by atoms with Crippen molar-refractivity contribution in [3.8, 4) is 0 Å². The van der Waals surface area contributed by atoms with Crippen LogP contribution in [0.2, 0.25) is 0 Å². The summed E-state index contributed by atoms with van der Waals surface area (Å²) in [7, 11) is 1.84. The first-order valence-electron chi connectivity index (χ1n) is 9.06. The second-order valence-corrected chi connectivity index (χ2v) is 7.61. The van der Waals surface area contributed by atoms with Gasteiger partial charge in [-0.1, -0.05) is 36.4 Å². The Hall–Kier alpha value is -1.12. The zero-order chi connectivity index (χ0) is 17.3. The summed E-state index contributed by atoms with van der Waals surface area (Å²) in [6, 6.07) is 15.0. The molecule has 2 heterocycles. The van der Waals surface area contributed by atoms with Gasteiger partial charge in [-0.05, 0) is 42.3 Å². The molecule has 0 spiro atoms. The number of aliphatic imine (C=N–C) groups is 1. The van der Waals surface area contributed by atoms with Gasteiger partial charge in [0.15, 0.2) is 5.96 Å². The molecule has 1 unspecified atom stereocenters.